The molecule has 3 heteroatoms. The van der Waals surface area contributed by atoms with E-state index in [0.717, 1.165) is 24.2 Å². The summed E-state index contributed by atoms with van der Waals surface area (Å²) in [5, 5.41) is 8.65. The molecular formula is C13H18N2O. The zero-order valence-corrected chi connectivity index (χ0v) is 9.81. The largest absolute Gasteiger partial charge is 0.476 e. The minimum absolute atomic E-state index is 0.184. The summed E-state index contributed by atoms with van der Waals surface area (Å²) in [7, 11) is 0. The second-order valence-corrected chi connectivity index (χ2v) is 3.91. The van der Waals surface area contributed by atoms with Gasteiger partial charge >= 0.3 is 0 Å². The molecule has 0 saturated carbocycles. The van der Waals surface area contributed by atoms with Gasteiger partial charge in [-0.1, -0.05) is 19.1 Å². The van der Waals surface area contributed by atoms with Gasteiger partial charge in [0.25, 0.3) is 0 Å². The van der Waals surface area contributed by atoms with Crippen molar-refractivity contribution >= 4 is 0 Å². The first kappa shape index (κ1) is 12.5. The van der Waals surface area contributed by atoms with Crippen LogP contribution in [0.5, 0.6) is 5.75 Å². The molecule has 0 aliphatic rings. The van der Waals surface area contributed by atoms with Crippen LogP contribution in [0, 0.1) is 11.3 Å². The molecular weight excluding hydrogens is 200 g/mol. The van der Waals surface area contributed by atoms with Gasteiger partial charge in [-0.15, -0.1) is 0 Å². The molecule has 0 amide bonds. The van der Waals surface area contributed by atoms with Crippen LogP contribution in [-0.2, 0) is 6.42 Å². The SMILES string of the molecule is CCC(N)Cc1cccc(OC(C)C#N)c1. The Balaban J connectivity index is 2.68. The lowest BCUT2D eigenvalue weighted by molar-refractivity contribution is 0.276. The topological polar surface area (TPSA) is 59.0 Å². The normalized spacial score (nSPS) is 13.9. The molecule has 86 valence electrons. The summed E-state index contributed by atoms with van der Waals surface area (Å²) in [6.45, 7) is 3.80. The van der Waals surface area contributed by atoms with Gasteiger partial charge in [0.2, 0.25) is 0 Å². The van der Waals surface area contributed by atoms with Crippen molar-refractivity contribution in [2.24, 2.45) is 5.73 Å². The molecule has 0 aliphatic carbocycles. The maximum Gasteiger partial charge on any atom is 0.181 e. The Hall–Kier alpha value is -1.53. The minimum atomic E-state index is -0.421. The Labute approximate surface area is 96.8 Å². The third-order valence-corrected chi connectivity index (χ3v) is 2.42. The zero-order chi connectivity index (χ0) is 12.0. The van der Waals surface area contributed by atoms with Crippen LogP contribution in [-0.4, -0.2) is 12.1 Å². The molecule has 3 nitrogen and oxygen atoms in total. The summed E-state index contributed by atoms with van der Waals surface area (Å²) >= 11 is 0. The third-order valence-electron chi connectivity index (χ3n) is 2.42. The lowest BCUT2D eigenvalue weighted by Crippen LogP contribution is -2.21. The van der Waals surface area contributed by atoms with Crippen LogP contribution < -0.4 is 10.5 Å². The Morgan fingerprint density at radius 3 is 2.88 bits per heavy atom. The van der Waals surface area contributed by atoms with E-state index in [-0.39, 0.29) is 6.04 Å². The van der Waals surface area contributed by atoms with E-state index in [0.29, 0.717) is 0 Å². The molecule has 0 fully saturated rings. The predicted octanol–water partition coefficient (Wildman–Crippen LogP) is 2.26. The summed E-state index contributed by atoms with van der Waals surface area (Å²) in [4.78, 5) is 0. The van der Waals surface area contributed by atoms with Gasteiger partial charge in [0.15, 0.2) is 6.10 Å². The van der Waals surface area contributed by atoms with Crippen molar-refractivity contribution in [2.45, 2.75) is 38.8 Å². The van der Waals surface area contributed by atoms with Crippen LogP contribution in [0.3, 0.4) is 0 Å². The van der Waals surface area contributed by atoms with E-state index in [1.54, 1.807) is 6.92 Å². The number of nitrogens with zero attached hydrogens (tertiary/aromatic N) is 1. The summed E-state index contributed by atoms with van der Waals surface area (Å²) in [5.41, 5.74) is 7.04. The molecule has 16 heavy (non-hydrogen) atoms. The first-order valence-electron chi connectivity index (χ1n) is 5.56. The fraction of sp³-hybridized carbons (Fsp3) is 0.462. The van der Waals surface area contributed by atoms with Gasteiger partial charge in [-0.2, -0.15) is 5.26 Å². The molecule has 0 saturated heterocycles. The van der Waals surface area contributed by atoms with Gasteiger partial charge in [-0.05, 0) is 37.5 Å². The maximum absolute atomic E-state index is 8.65. The molecule has 0 aliphatic heterocycles. The summed E-state index contributed by atoms with van der Waals surface area (Å²) in [6.07, 6.45) is 1.38. The van der Waals surface area contributed by atoms with Crippen molar-refractivity contribution in [2.75, 3.05) is 0 Å². The molecule has 2 atom stereocenters. The van der Waals surface area contributed by atoms with Crippen molar-refractivity contribution < 1.29 is 4.74 Å². The molecule has 1 aromatic carbocycles. The standard InChI is InChI=1S/C13H18N2O/c1-3-12(15)7-11-5-4-6-13(8-11)16-10(2)9-14/h4-6,8,10,12H,3,7,15H2,1-2H3. The average molecular weight is 218 g/mol. The molecule has 0 bridgehead atoms. The van der Waals surface area contributed by atoms with E-state index in [1.165, 1.54) is 0 Å². The van der Waals surface area contributed by atoms with Gasteiger partial charge in [-0.25, -0.2) is 0 Å². The maximum atomic E-state index is 8.65. The minimum Gasteiger partial charge on any atom is -0.476 e. The summed E-state index contributed by atoms with van der Waals surface area (Å²) in [5.74, 6) is 0.731. The predicted molar refractivity (Wildman–Crippen MR) is 64.1 cm³/mol. The van der Waals surface area contributed by atoms with Crippen molar-refractivity contribution in [3.63, 3.8) is 0 Å². The van der Waals surface area contributed by atoms with Crippen molar-refractivity contribution in [1.82, 2.24) is 0 Å². The Morgan fingerprint density at radius 1 is 1.50 bits per heavy atom. The third kappa shape index (κ3) is 3.92. The average Bonchev–Trinajstić information content (AvgIpc) is 2.29. The molecule has 0 aromatic heterocycles. The van der Waals surface area contributed by atoms with E-state index in [4.69, 9.17) is 15.7 Å². The van der Waals surface area contributed by atoms with Crippen LogP contribution in [0.2, 0.25) is 0 Å². The van der Waals surface area contributed by atoms with Crippen LogP contribution in [0.1, 0.15) is 25.8 Å². The highest BCUT2D eigenvalue weighted by molar-refractivity contribution is 5.29. The Morgan fingerprint density at radius 2 is 2.25 bits per heavy atom. The van der Waals surface area contributed by atoms with Crippen LogP contribution in [0.25, 0.3) is 0 Å². The van der Waals surface area contributed by atoms with Crippen molar-refractivity contribution in [3.8, 4) is 11.8 Å². The highest BCUT2D eigenvalue weighted by Gasteiger charge is 2.05. The number of rotatable bonds is 5. The van der Waals surface area contributed by atoms with E-state index < -0.39 is 6.10 Å². The summed E-state index contributed by atoms with van der Waals surface area (Å²) in [6, 6.07) is 9.98. The summed E-state index contributed by atoms with van der Waals surface area (Å²) < 4.78 is 5.42. The fourth-order valence-electron chi connectivity index (χ4n) is 1.42. The smallest absolute Gasteiger partial charge is 0.181 e. The highest BCUT2D eigenvalue weighted by Crippen LogP contribution is 2.16. The molecule has 0 spiro atoms. The lowest BCUT2D eigenvalue weighted by atomic mass is 10.0. The van der Waals surface area contributed by atoms with Gasteiger partial charge in [0.1, 0.15) is 11.8 Å². The fourth-order valence-corrected chi connectivity index (χ4v) is 1.42. The second-order valence-electron chi connectivity index (χ2n) is 3.91. The molecule has 2 unspecified atom stereocenters. The molecule has 1 aromatic rings. The molecule has 1 rings (SSSR count). The molecule has 0 radical (unpaired) electrons. The molecule has 2 N–H and O–H groups in total. The first-order valence-corrected chi connectivity index (χ1v) is 5.56. The van der Waals surface area contributed by atoms with Gasteiger partial charge in [0.05, 0.1) is 0 Å². The van der Waals surface area contributed by atoms with Gasteiger partial charge in [0, 0.05) is 6.04 Å². The number of hydrogen-bond donors (Lipinski definition) is 1. The van der Waals surface area contributed by atoms with E-state index in [2.05, 4.69) is 6.92 Å². The number of benzene rings is 1. The van der Waals surface area contributed by atoms with Gasteiger partial charge in [-0.3, -0.25) is 0 Å². The van der Waals surface area contributed by atoms with Crippen LogP contribution in [0.15, 0.2) is 24.3 Å². The van der Waals surface area contributed by atoms with Gasteiger partial charge < -0.3 is 10.5 Å². The number of nitriles is 1. The monoisotopic (exact) mass is 218 g/mol. The zero-order valence-electron chi connectivity index (χ0n) is 9.81. The van der Waals surface area contributed by atoms with E-state index in [9.17, 15) is 0 Å². The van der Waals surface area contributed by atoms with Crippen molar-refractivity contribution in [3.05, 3.63) is 29.8 Å². The van der Waals surface area contributed by atoms with E-state index in [1.807, 2.05) is 30.3 Å². The van der Waals surface area contributed by atoms with E-state index >= 15 is 0 Å². The number of nitrogens with two attached hydrogens (primary N) is 1. The lowest BCUT2D eigenvalue weighted by Gasteiger charge is -2.11. The number of hydrogen-bond acceptors (Lipinski definition) is 3. The van der Waals surface area contributed by atoms with Crippen LogP contribution >= 0.6 is 0 Å². The van der Waals surface area contributed by atoms with Crippen LogP contribution in [0.4, 0.5) is 0 Å². The molecule has 0 heterocycles. The van der Waals surface area contributed by atoms with Crippen molar-refractivity contribution in [1.29, 1.82) is 5.26 Å². The number of ether oxygens (including phenoxy) is 1. The first-order chi connectivity index (χ1) is 7.65. The second kappa shape index (κ2) is 6.14. The quantitative estimate of drug-likeness (QED) is 0.824. The highest BCUT2D eigenvalue weighted by atomic mass is 16.5. The Bertz CT molecular complexity index is 370. The Kier molecular flexibility index (Phi) is 4.81.